The molecule has 0 saturated carbocycles. The van der Waals surface area contributed by atoms with Gasteiger partial charge < -0.3 is 9.05 Å². The molecule has 0 aromatic heterocycles. The van der Waals surface area contributed by atoms with Crippen LogP contribution in [0, 0.1) is 0 Å². The molecule has 0 aliphatic carbocycles. The Morgan fingerprint density at radius 2 is 0.969 bits per heavy atom. The van der Waals surface area contributed by atoms with E-state index in [0.29, 0.717) is 0 Å². The first-order chi connectivity index (χ1) is 15.6. The highest BCUT2D eigenvalue weighted by molar-refractivity contribution is 7.34. The molecule has 0 aliphatic rings. The van der Waals surface area contributed by atoms with E-state index in [0.717, 1.165) is 88.5 Å². The third-order valence-electron chi connectivity index (χ3n) is 6.01. The Bertz CT molecular complexity index is 764. The molecule has 0 amide bonds. The zero-order valence-electron chi connectivity index (χ0n) is 20.7. The zero-order valence-corrected chi connectivity index (χ0v) is 21.7. The van der Waals surface area contributed by atoms with Gasteiger partial charge in [-0.05, 0) is 85.8 Å². The van der Waals surface area contributed by atoms with Crippen molar-refractivity contribution in [2.45, 2.75) is 105 Å². The van der Waals surface area contributed by atoms with Crippen LogP contribution in [0.1, 0.15) is 101 Å². The van der Waals surface area contributed by atoms with Crippen LogP contribution in [0.4, 0.5) is 0 Å². The highest BCUT2D eigenvalue weighted by atomic mass is 31.1. The van der Waals surface area contributed by atoms with Crippen LogP contribution in [-0.2, 0) is 30.2 Å². The summed E-state index contributed by atoms with van der Waals surface area (Å²) in [5.74, 6) is 1.46. The maximum Gasteiger partial charge on any atom is 0.418 e. The van der Waals surface area contributed by atoms with Gasteiger partial charge in [0, 0.05) is 0 Å². The van der Waals surface area contributed by atoms with Crippen molar-refractivity contribution in [3.8, 4) is 11.5 Å². The lowest BCUT2D eigenvalue weighted by molar-refractivity contribution is 0.410. The van der Waals surface area contributed by atoms with Crippen LogP contribution in [0.5, 0.6) is 11.5 Å². The lowest BCUT2D eigenvalue weighted by atomic mass is 9.97. The molecule has 0 aliphatic heterocycles. The van der Waals surface area contributed by atoms with Crippen molar-refractivity contribution in [1.29, 1.82) is 0 Å². The Labute approximate surface area is 196 Å². The maximum atomic E-state index is 13.0. The summed E-state index contributed by atoms with van der Waals surface area (Å²) in [6.07, 6.45) is 13.1. The molecule has 3 nitrogen and oxygen atoms in total. The van der Waals surface area contributed by atoms with Gasteiger partial charge >= 0.3 is 8.25 Å². The van der Waals surface area contributed by atoms with Gasteiger partial charge in [0.25, 0.3) is 0 Å². The molecule has 4 heteroatoms. The first-order valence-corrected chi connectivity index (χ1v) is 14.0. The van der Waals surface area contributed by atoms with Gasteiger partial charge in [0.15, 0.2) is 0 Å². The Morgan fingerprint density at radius 3 is 1.34 bits per heavy atom. The summed E-state index contributed by atoms with van der Waals surface area (Å²) in [5, 5.41) is 0. The highest BCUT2D eigenvalue weighted by Gasteiger charge is 2.15. The van der Waals surface area contributed by atoms with Gasteiger partial charge in [0.2, 0.25) is 0 Å². The summed E-state index contributed by atoms with van der Waals surface area (Å²) in [4.78, 5) is 0. The predicted molar refractivity (Wildman–Crippen MR) is 138 cm³/mol. The first kappa shape index (κ1) is 26.5. The molecule has 0 heterocycles. The molecule has 2 aromatic carbocycles. The second-order valence-electron chi connectivity index (χ2n) is 8.66. The van der Waals surface area contributed by atoms with Crippen molar-refractivity contribution in [1.82, 2.24) is 0 Å². The molecule has 0 unspecified atom stereocenters. The Kier molecular flexibility index (Phi) is 12.6. The van der Waals surface area contributed by atoms with Gasteiger partial charge in [-0.3, -0.25) is 0 Å². The monoisotopic (exact) mass is 458 g/mol. The number of hydrogen-bond donors (Lipinski definition) is 0. The summed E-state index contributed by atoms with van der Waals surface area (Å²) >= 11 is 0. The molecule has 0 fully saturated rings. The molecule has 0 spiro atoms. The van der Waals surface area contributed by atoms with E-state index in [-0.39, 0.29) is 0 Å². The van der Waals surface area contributed by atoms with Crippen molar-refractivity contribution in [2.24, 2.45) is 0 Å². The quantitative estimate of drug-likeness (QED) is 0.236. The Hall–Kier alpha value is -1.73. The molecular formula is C28H43O3P. The summed E-state index contributed by atoms with van der Waals surface area (Å²) < 4.78 is 25.0. The summed E-state index contributed by atoms with van der Waals surface area (Å²) in [7, 11) is -2.71. The molecule has 0 N–H and O–H groups in total. The topological polar surface area (TPSA) is 35.5 Å². The minimum atomic E-state index is -2.71. The van der Waals surface area contributed by atoms with E-state index in [1.807, 2.05) is 24.3 Å². The summed E-state index contributed by atoms with van der Waals surface area (Å²) in [6.45, 7) is 8.82. The van der Waals surface area contributed by atoms with Crippen molar-refractivity contribution in [3.05, 3.63) is 58.7 Å². The number of aryl methyl sites for hydroxylation is 2. The van der Waals surface area contributed by atoms with E-state index >= 15 is 0 Å². The fourth-order valence-corrected chi connectivity index (χ4v) is 4.87. The number of hydrogen-bond acceptors (Lipinski definition) is 3. The average molecular weight is 459 g/mol. The van der Waals surface area contributed by atoms with Crippen LogP contribution in [0.25, 0.3) is 0 Å². The van der Waals surface area contributed by atoms with Crippen molar-refractivity contribution < 1.29 is 13.6 Å². The van der Waals surface area contributed by atoms with Crippen LogP contribution in [0.3, 0.4) is 0 Å². The van der Waals surface area contributed by atoms with Gasteiger partial charge in [0.05, 0.1) is 0 Å². The fourth-order valence-electron chi connectivity index (χ4n) is 4.09. The summed E-state index contributed by atoms with van der Waals surface area (Å²) in [6, 6.07) is 12.3. The van der Waals surface area contributed by atoms with Gasteiger partial charge in [-0.25, -0.2) is 4.57 Å². The smallest absolute Gasteiger partial charge is 0.418 e. The normalized spacial score (nSPS) is 11.2. The highest BCUT2D eigenvalue weighted by Crippen LogP contribution is 2.37. The number of benzene rings is 2. The van der Waals surface area contributed by atoms with Crippen molar-refractivity contribution in [2.75, 3.05) is 0 Å². The molecule has 32 heavy (non-hydrogen) atoms. The molecule has 0 radical (unpaired) electrons. The molecule has 178 valence electrons. The van der Waals surface area contributed by atoms with Crippen LogP contribution in [0.2, 0.25) is 0 Å². The van der Waals surface area contributed by atoms with Crippen LogP contribution in [-0.4, -0.2) is 0 Å². The first-order valence-electron chi connectivity index (χ1n) is 12.8. The van der Waals surface area contributed by atoms with Crippen LogP contribution >= 0.6 is 8.25 Å². The van der Waals surface area contributed by atoms with E-state index in [2.05, 4.69) is 39.8 Å². The van der Waals surface area contributed by atoms with Crippen molar-refractivity contribution in [3.63, 3.8) is 0 Å². The SMILES string of the molecule is CCCCc1cccc(O[PH](=O)Oc2cccc(CCCC)c2CCCC)c1CCCC. The fraction of sp³-hybridized carbons (Fsp3) is 0.571. The molecule has 0 saturated heterocycles. The number of rotatable bonds is 16. The van der Waals surface area contributed by atoms with Gasteiger partial charge in [-0.2, -0.15) is 0 Å². The third-order valence-corrected chi connectivity index (χ3v) is 6.78. The standard InChI is InChI=1S/C28H43O3P/c1-5-9-15-23-17-13-21-27(25(23)19-11-7-3)30-32(29)31-28-22-14-18-24(16-10-6-2)26(28)20-12-8-4/h13-14,17-18,21-22,32H,5-12,15-16,19-20H2,1-4H3. The lowest BCUT2D eigenvalue weighted by Crippen LogP contribution is -2.02. The van der Waals surface area contributed by atoms with Gasteiger partial charge in [-0.15, -0.1) is 0 Å². The van der Waals surface area contributed by atoms with Gasteiger partial charge in [0.1, 0.15) is 11.5 Å². The molecular weight excluding hydrogens is 415 g/mol. The second-order valence-corrected chi connectivity index (χ2v) is 9.56. The molecule has 2 rings (SSSR count). The van der Waals surface area contributed by atoms with E-state index in [1.54, 1.807) is 0 Å². The maximum absolute atomic E-state index is 13.0. The number of unbranched alkanes of at least 4 members (excludes halogenated alkanes) is 4. The minimum absolute atomic E-state index is 0.730. The van der Waals surface area contributed by atoms with E-state index < -0.39 is 8.25 Å². The Balaban J connectivity index is 2.23. The summed E-state index contributed by atoms with van der Waals surface area (Å²) in [5.41, 5.74) is 5.04. The predicted octanol–water partition coefficient (Wildman–Crippen LogP) is 8.90. The van der Waals surface area contributed by atoms with Crippen molar-refractivity contribution >= 4 is 8.25 Å². The lowest BCUT2D eigenvalue weighted by Gasteiger charge is -2.18. The Morgan fingerprint density at radius 1 is 0.594 bits per heavy atom. The van der Waals surface area contributed by atoms with E-state index in [9.17, 15) is 4.57 Å². The van der Waals surface area contributed by atoms with Crippen LogP contribution < -0.4 is 9.05 Å². The molecule has 2 aromatic rings. The van der Waals surface area contributed by atoms with E-state index in [1.165, 1.54) is 22.3 Å². The van der Waals surface area contributed by atoms with E-state index in [4.69, 9.17) is 9.05 Å². The third kappa shape index (κ3) is 8.32. The minimum Gasteiger partial charge on any atom is -0.418 e. The average Bonchev–Trinajstić information content (AvgIpc) is 2.80. The largest absolute Gasteiger partial charge is 0.418 e. The zero-order chi connectivity index (χ0) is 23.2. The second kappa shape index (κ2) is 15.2. The molecule has 0 bridgehead atoms. The van der Waals surface area contributed by atoms with Crippen LogP contribution in [0.15, 0.2) is 36.4 Å². The molecule has 0 atom stereocenters. The van der Waals surface area contributed by atoms with Gasteiger partial charge in [-0.1, -0.05) is 77.6 Å².